The first-order chi connectivity index (χ1) is 18.2. The number of aromatic nitrogens is 2. The number of para-hydroxylation sites is 1. The van der Waals surface area contributed by atoms with Gasteiger partial charge in [0.05, 0.1) is 22.8 Å². The van der Waals surface area contributed by atoms with E-state index in [9.17, 15) is 29.8 Å². The number of esters is 1. The zero-order valence-electron chi connectivity index (χ0n) is 20.5. The summed E-state index contributed by atoms with van der Waals surface area (Å²) in [7, 11) is 0. The Morgan fingerprint density at radius 2 is 1.82 bits per heavy atom. The van der Waals surface area contributed by atoms with Gasteiger partial charge in [0.1, 0.15) is 18.2 Å². The van der Waals surface area contributed by atoms with Gasteiger partial charge in [0.2, 0.25) is 0 Å². The molecule has 11 heteroatoms. The van der Waals surface area contributed by atoms with Crippen LogP contribution in [0.3, 0.4) is 0 Å². The molecule has 2 aromatic carbocycles. The summed E-state index contributed by atoms with van der Waals surface area (Å²) in [6.45, 7) is 2.29. The maximum Gasteiger partial charge on any atom is 0.302 e. The Balaban J connectivity index is 1.85. The monoisotopic (exact) mass is 511 g/mol. The van der Waals surface area contributed by atoms with Gasteiger partial charge in [-0.15, -0.1) is 0 Å². The summed E-state index contributed by atoms with van der Waals surface area (Å²) in [6.07, 6.45) is 3.22. The van der Waals surface area contributed by atoms with Crippen molar-refractivity contribution in [1.29, 1.82) is 5.26 Å². The van der Waals surface area contributed by atoms with Gasteiger partial charge in [0.15, 0.2) is 0 Å². The number of carbonyl (C=O) groups excluding carboxylic acids is 3. The van der Waals surface area contributed by atoms with Crippen molar-refractivity contribution in [3.63, 3.8) is 0 Å². The number of nitro groups is 1. The number of nitrogens with zero attached hydrogens (tertiary/aromatic N) is 5. The van der Waals surface area contributed by atoms with Crippen LogP contribution < -0.4 is 0 Å². The first-order valence-corrected chi connectivity index (χ1v) is 11.4. The highest BCUT2D eigenvalue weighted by molar-refractivity contribution is 6.19. The van der Waals surface area contributed by atoms with Crippen molar-refractivity contribution in [1.82, 2.24) is 14.7 Å². The number of imide groups is 1. The second-order valence-electron chi connectivity index (χ2n) is 8.29. The Kier molecular flexibility index (Phi) is 7.25. The molecule has 0 atom stereocenters. The van der Waals surface area contributed by atoms with E-state index >= 15 is 0 Å². The third kappa shape index (κ3) is 5.10. The molecule has 0 aliphatic carbocycles. The minimum absolute atomic E-state index is 0.0852. The number of nitro benzene ring substituents is 1. The number of nitriles is 1. The summed E-state index contributed by atoms with van der Waals surface area (Å²) in [5.74, 6) is -1.98. The first-order valence-electron chi connectivity index (χ1n) is 11.4. The minimum Gasteiger partial charge on any atom is -0.464 e. The highest BCUT2D eigenvalue weighted by Gasteiger charge is 2.35. The van der Waals surface area contributed by atoms with Gasteiger partial charge >= 0.3 is 5.97 Å². The second-order valence-corrected chi connectivity index (χ2v) is 8.29. The number of carbonyl (C=O) groups is 3. The third-order valence-corrected chi connectivity index (χ3v) is 5.86. The van der Waals surface area contributed by atoms with Crippen LogP contribution in [0.2, 0.25) is 0 Å². The SMILES string of the molecule is CC(=O)OCCN1C(=O)C(C#N)=C(C)/C(=C\c2cn(-c3ccccc3)nc2-c2ccc([N+](=O)[O-])cc2)C1=O. The average Bonchev–Trinajstić information content (AvgIpc) is 3.33. The number of ether oxygens (including phenoxy) is 1. The summed E-state index contributed by atoms with van der Waals surface area (Å²) in [5.41, 5.74) is 2.22. The molecule has 4 rings (SSSR count). The molecule has 0 bridgehead atoms. The highest BCUT2D eigenvalue weighted by Crippen LogP contribution is 2.31. The molecule has 1 aliphatic rings. The van der Waals surface area contributed by atoms with Gasteiger partial charge in [-0.05, 0) is 42.8 Å². The molecule has 0 unspecified atom stereocenters. The average molecular weight is 511 g/mol. The van der Waals surface area contributed by atoms with Crippen molar-refractivity contribution < 1.29 is 24.0 Å². The molecular weight excluding hydrogens is 490 g/mol. The molecule has 3 aromatic rings. The lowest BCUT2D eigenvalue weighted by molar-refractivity contribution is -0.384. The Morgan fingerprint density at radius 1 is 1.13 bits per heavy atom. The molecule has 1 aliphatic heterocycles. The van der Waals surface area contributed by atoms with E-state index in [1.807, 2.05) is 36.4 Å². The van der Waals surface area contributed by atoms with Crippen LogP contribution in [-0.4, -0.2) is 50.5 Å². The van der Waals surface area contributed by atoms with E-state index in [4.69, 9.17) is 4.74 Å². The molecule has 190 valence electrons. The van der Waals surface area contributed by atoms with Gasteiger partial charge in [-0.25, -0.2) is 4.68 Å². The van der Waals surface area contributed by atoms with Gasteiger partial charge in [-0.2, -0.15) is 10.4 Å². The van der Waals surface area contributed by atoms with E-state index in [-0.39, 0.29) is 35.6 Å². The van der Waals surface area contributed by atoms with Crippen molar-refractivity contribution in [3.05, 3.63) is 93.2 Å². The van der Waals surface area contributed by atoms with Crippen LogP contribution in [0.4, 0.5) is 5.69 Å². The molecule has 0 saturated carbocycles. The predicted octanol–water partition coefficient (Wildman–Crippen LogP) is 3.60. The van der Waals surface area contributed by atoms with E-state index < -0.39 is 22.7 Å². The lowest BCUT2D eigenvalue weighted by Crippen LogP contribution is -2.44. The first kappa shape index (κ1) is 25.7. The molecule has 0 spiro atoms. The molecule has 2 heterocycles. The summed E-state index contributed by atoms with van der Waals surface area (Å²) >= 11 is 0. The van der Waals surface area contributed by atoms with E-state index in [2.05, 4.69) is 5.10 Å². The summed E-state index contributed by atoms with van der Waals surface area (Å²) < 4.78 is 6.48. The topological polar surface area (TPSA) is 148 Å². The molecule has 11 nitrogen and oxygen atoms in total. The fraction of sp³-hybridized carbons (Fsp3) is 0.148. The predicted molar refractivity (Wildman–Crippen MR) is 135 cm³/mol. The van der Waals surface area contributed by atoms with Gasteiger partial charge < -0.3 is 4.74 Å². The molecule has 0 N–H and O–H groups in total. The van der Waals surface area contributed by atoms with Gasteiger partial charge in [0.25, 0.3) is 17.5 Å². The number of benzene rings is 2. The van der Waals surface area contributed by atoms with Gasteiger partial charge in [0, 0.05) is 42.0 Å². The van der Waals surface area contributed by atoms with Crippen molar-refractivity contribution in [3.8, 4) is 23.0 Å². The van der Waals surface area contributed by atoms with Gasteiger partial charge in [-0.3, -0.25) is 29.4 Å². The van der Waals surface area contributed by atoms with Crippen LogP contribution in [0.5, 0.6) is 0 Å². The fourth-order valence-corrected chi connectivity index (χ4v) is 3.94. The number of amides is 2. The molecule has 1 aromatic heterocycles. The zero-order valence-corrected chi connectivity index (χ0v) is 20.5. The Labute approximate surface area is 217 Å². The zero-order chi connectivity index (χ0) is 27.4. The normalized spacial score (nSPS) is 14.6. The lowest BCUT2D eigenvalue weighted by atomic mass is 9.93. The van der Waals surface area contributed by atoms with Crippen LogP contribution in [-0.2, 0) is 19.1 Å². The van der Waals surface area contributed by atoms with Crippen molar-refractivity contribution in [2.24, 2.45) is 0 Å². The molecule has 38 heavy (non-hydrogen) atoms. The third-order valence-electron chi connectivity index (χ3n) is 5.86. The molecule has 2 amide bonds. The quantitative estimate of drug-likeness (QED) is 0.154. The van der Waals surface area contributed by atoms with Crippen LogP contribution >= 0.6 is 0 Å². The molecular formula is C27H21N5O6. The van der Waals surface area contributed by atoms with Gasteiger partial charge in [-0.1, -0.05) is 18.2 Å². The standard InChI is InChI=1S/C27H21N5O6/c1-17-23(26(34)30(12-13-38-18(2)33)27(35)24(17)15-28)14-20-16-31(21-6-4-3-5-7-21)29-25(20)19-8-10-22(11-9-19)32(36)37/h3-11,14,16H,12-13H2,1-2H3/b23-14+. The Morgan fingerprint density at radius 3 is 2.42 bits per heavy atom. The number of hydrogen-bond donors (Lipinski definition) is 0. The van der Waals surface area contributed by atoms with Crippen LogP contribution in [0.25, 0.3) is 23.0 Å². The van der Waals surface area contributed by atoms with Crippen molar-refractivity contribution >= 4 is 29.5 Å². The van der Waals surface area contributed by atoms with Crippen LogP contribution in [0.1, 0.15) is 19.4 Å². The largest absolute Gasteiger partial charge is 0.464 e. The molecule has 0 radical (unpaired) electrons. The number of rotatable bonds is 7. The fourth-order valence-electron chi connectivity index (χ4n) is 3.94. The maximum absolute atomic E-state index is 13.4. The summed E-state index contributed by atoms with van der Waals surface area (Å²) in [5, 5.41) is 25.4. The number of non-ortho nitro benzene ring substituents is 1. The van der Waals surface area contributed by atoms with Crippen LogP contribution in [0, 0.1) is 21.4 Å². The Bertz CT molecular complexity index is 1540. The van der Waals surface area contributed by atoms with Crippen LogP contribution in [0.15, 0.2) is 77.5 Å². The molecule has 0 saturated heterocycles. The number of hydrogen-bond acceptors (Lipinski definition) is 8. The molecule has 0 fully saturated rings. The van der Waals surface area contributed by atoms with Crippen molar-refractivity contribution in [2.75, 3.05) is 13.2 Å². The minimum atomic E-state index is -0.769. The van der Waals surface area contributed by atoms with Crippen molar-refractivity contribution in [2.45, 2.75) is 13.8 Å². The summed E-state index contributed by atoms with van der Waals surface area (Å²) in [4.78, 5) is 48.8. The van der Waals surface area contributed by atoms with E-state index in [1.165, 1.54) is 32.1 Å². The highest BCUT2D eigenvalue weighted by atomic mass is 16.6. The van der Waals surface area contributed by atoms with E-state index in [1.54, 1.807) is 23.0 Å². The van der Waals surface area contributed by atoms with E-state index in [0.29, 0.717) is 16.8 Å². The smallest absolute Gasteiger partial charge is 0.302 e. The second kappa shape index (κ2) is 10.7. The van der Waals surface area contributed by atoms with E-state index in [0.717, 1.165) is 10.6 Å². The maximum atomic E-state index is 13.4. The Hall–Kier alpha value is -5.37. The summed E-state index contributed by atoms with van der Waals surface area (Å²) in [6, 6.07) is 16.9. The lowest BCUT2D eigenvalue weighted by Gasteiger charge is -2.27.